The first-order valence-electron chi connectivity index (χ1n) is 5.02. The van der Waals surface area contributed by atoms with Crippen LogP contribution in [0.2, 0.25) is 0 Å². The number of hydrogen-bond donors (Lipinski definition) is 1. The molecule has 0 amide bonds. The molecule has 1 aromatic carbocycles. The molecule has 0 aliphatic heterocycles. The van der Waals surface area contributed by atoms with Crippen LogP contribution >= 0.6 is 0 Å². The lowest BCUT2D eigenvalue weighted by Crippen LogP contribution is -2.34. The van der Waals surface area contributed by atoms with Crippen molar-refractivity contribution in [3.8, 4) is 0 Å². The van der Waals surface area contributed by atoms with Crippen molar-refractivity contribution in [2.45, 2.75) is 26.2 Å². The molecule has 15 heavy (non-hydrogen) atoms. The van der Waals surface area contributed by atoms with E-state index >= 15 is 0 Å². The normalized spacial score (nSPS) is 24.7. The number of fused-ring (bicyclic) bond motifs is 1. The minimum absolute atomic E-state index is 0.278. The molecular formula is C12H13FO2. The Kier molecular flexibility index (Phi) is 2.25. The van der Waals surface area contributed by atoms with Crippen LogP contribution in [0.1, 0.15) is 24.5 Å². The Bertz CT molecular complexity index is 414. The average molecular weight is 208 g/mol. The third-order valence-corrected chi connectivity index (χ3v) is 3.25. The summed E-state index contributed by atoms with van der Waals surface area (Å²) in [6, 6.07) is 4.95. The summed E-state index contributed by atoms with van der Waals surface area (Å²) in [4.78, 5) is 11.1. The van der Waals surface area contributed by atoms with Crippen molar-refractivity contribution in [1.29, 1.82) is 0 Å². The maximum Gasteiger partial charge on any atom is 0.309 e. The van der Waals surface area contributed by atoms with E-state index in [9.17, 15) is 9.18 Å². The molecule has 0 spiro atoms. The van der Waals surface area contributed by atoms with Gasteiger partial charge < -0.3 is 5.11 Å². The van der Waals surface area contributed by atoms with Crippen LogP contribution in [0.5, 0.6) is 0 Å². The second kappa shape index (κ2) is 3.33. The molecular weight excluding hydrogens is 195 g/mol. The smallest absolute Gasteiger partial charge is 0.309 e. The maximum atomic E-state index is 13.5. The van der Waals surface area contributed by atoms with Gasteiger partial charge in [0, 0.05) is 0 Å². The van der Waals surface area contributed by atoms with Crippen molar-refractivity contribution in [2.75, 3.05) is 0 Å². The number of carboxylic acids is 1. The predicted octanol–water partition coefficient (Wildman–Crippen LogP) is 2.41. The number of carboxylic acid groups (broad SMARTS) is 1. The maximum absolute atomic E-state index is 13.5. The molecule has 0 heterocycles. The lowest BCUT2D eigenvalue weighted by molar-refractivity contribution is -0.148. The van der Waals surface area contributed by atoms with Gasteiger partial charge in [-0.3, -0.25) is 4.79 Å². The molecule has 2 nitrogen and oxygen atoms in total. The van der Waals surface area contributed by atoms with Crippen LogP contribution in [0.3, 0.4) is 0 Å². The Balaban J connectivity index is 2.42. The van der Waals surface area contributed by atoms with E-state index in [0.29, 0.717) is 24.8 Å². The van der Waals surface area contributed by atoms with Gasteiger partial charge >= 0.3 is 5.97 Å². The Morgan fingerprint density at radius 3 is 2.93 bits per heavy atom. The van der Waals surface area contributed by atoms with Gasteiger partial charge in [0.05, 0.1) is 5.41 Å². The highest BCUT2D eigenvalue weighted by atomic mass is 19.1. The van der Waals surface area contributed by atoms with Crippen molar-refractivity contribution < 1.29 is 14.3 Å². The van der Waals surface area contributed by atoms with E-state index in [4.69, 9.17) is 5.11 Å². The summed E-state index contributed by atoms with van der Waals surface area (Å²) < 4.78 is 13.5. The van der Waals surface area contributed by atoms with E-state index in [-0.39, 0.29) is 5.82 Å². The molecule has 0 radical (unpaired) electrons. The quantitative estimate of drug-likeness (QED) is 0.769. The van der Waals surface area contributed by atoms with Gasteiger partial charge in [-0.25, -0.2) is 4.39 Å². The Morgan fingerprint density at radius 1 is 1.53 bits per heavy atom. The van der Waals surface area contributed by atoms with E-state index in [1.165, 1.54) is 6.07 Å². The predicted molar refractivity (Wildman–Crippen MR) is 54.2 cm³/mol. The van der Waals surface area contributed by atoms with Gasteiger partial charge in [-0.2, -0.15) is 0 Å². The first kappa shape index (κ1) is 10.1. The number of benzene rings is 1. The van der Waals surface area contributed by atoms with Crippen LogP contribution < -0.4 is 0 Å². The van der Waals surface area contributed by atoms with Gasteiger partial charge in [0.1, 0.15) is 5.82 Å². The number of hydrogen-bond acceptors (Lipinski definition) is 1. The van der Waals surface area contributed by atoms with Crippen LogP contribution in [0.15, 0.2) is 18.2 Å². The summed E-state index contributed by atoms with van der Waals surface area (Å²) in [6.45, 7) is 1.69. The molecule has 3 heteroatoms. The molecule has 1 atom stereocenters. The molecule has 0 aromatic heterocycles. The Hall–Kier alpha value is -1.38. The second-order valence-corrected chi connectivity index (χ2v) is 4.42. The molecule has 1 N–H and O–H groups in total. The van der Waals surface area contributed by atoms with E-state index in [2.05, 4.69) is 0 Å². The number of carbonyl (C=O) groups is 1. The number of halogens is 1. The topological polar surface area (TPSA) is 37.3 Å². The highest BCUT2D eigenvalue weighted by Gasteiger charge is 2.37. The largest absolute Gasteiger partial charge is 0.481 e. The van der Waals surface area contributed by atoms with Crippen molar-refractivity contribution in [1.82, 2.24) is 0 Å². The van der Waals surface area contributed by atoms with E-state index in [0.717, 1.165) is 5.56 Å². The van der Waals surface area contributed by atoms with Crippen LogP contribution in [-0.2, 0) is 17.6 Å². The second-order valence-electron chi connectivity index (χ2n) is 4.42. The van der Waals surface area contributed by atoms with Crippen LogP contribution in [0.4, 0.5) is 4.39 Å². The van der Waals surface area contributed by atoms with Gasteiger partial charge in [-0.1, -0.05) is 12.1 Å². The summed E-state index contributed by atoms with van der Waals surface area (Å²) in [5.74, 6) is -1.11. The molecule has 1 aromatic rings. The standard InChI is InChI=1S/C12H13FO2/c1-12(11(14)15)6-5-8-3-2-4-10(13)9(8)7-12/h2-4H,5-7H2,1H3,(H,14,15). The van der Waals surface area contributed by atoms with Crippen molar-refractivity contribution in [3.05, 3.63) is 35.1 Å². The summed E-state index contributed by atoms with van der Waals surface area (Å²) in [5, 5.41) is 9.09. The average Bonchev–Trinajstić information content (AvgIpc) is 2.19. The summed E-state index contributed by atoms with van der Waals surface area (Å²) in [6.07, 6.45) is 1.53. The fraction of sp³-hybridized carbons (Fsp3) is 0.417. The molecule has 80 valence electrons. The molecule has 0 fully saturated rings. The molecule has 0 saturated carbocycles. The SMILES string of the molecule is CC1(C(=O)O)CCc2cccc(F)c2C1. The van der Waals surface area contributed by atoms with Crippen molar-refractivity contribution in [2.24, 2.45) is 5.41 Å². The van der Waals surface area contributed by atoms with Crippen LogP contribution in [-0.4, -0.2) is 11.1 Å². The molecule has 2 rings (SSSR count). The Morgan fingerprint density at radius 2 is 2.27 bits per heavy atom. The zero-order valence-electron chi connectivity index (χ0n) is 8.59. The summed E-state index contributed by atoms with van der Waals surface area (Å²) >= 11 is 0. The van der Waals surface area contributed by atoms with Gasteiger partial charge in [0.25, 0.3) is 0 Å². The van der Waals surface area contributed by atoms with Gasteiger partial charge in [-0.15, -0.1) is 0 Å². The molecule has 1 aliphatic carbocycles. The number of aliphatic carboxylic acids is 1. The van der Waals surface area contributed by atoms with Crippen LogP contribution in [0, 0.1) is 11.2 Å². The lowest BCUT2D eigenvalue weighted by atomic mass is 9.73. The third kappa shape index (κ3) is 1.62. The third-order valence-electron chi connectivity index (χ3n) is 3.25. The van der Waals surface area contributed by atoms with Gasteiger partial charge in [0.2, 0.25) is 0 Å². The molecule has 1 unspecified atom stereocenters. The number of aryl methyl sites for hydroxylation is 1. The summed E-state index contributed by atoms with van der Waals surface area (Å²) in [7, 11) is 0. The highest BCUT2D eigenvalue weighted by molar-refractivity contribution is 5.75. The summed E-state index contributed by atoms with van der Waals surface area (Å²) in [5.41, 5.74) is 0.720. The molecule has 1 aliphatic rings. The molecule has 0 saturated heterocycles. The highest BCUT2D eigenvalue weighted by Crippen LogP contribution is 2.36. The first-order valence-corrected chi connectivity index (χ1v) is 5.02. The zero-order valence-corrected chi connectivity index (χ0v) is 8.59. The van der Waals surface area contributed by atoms with E-state index in [1.807, 2.05) is 6.07 Å². The lowest BCUT2D eigenvalue weighted by Gasteiger charge is -2.31. The molecule has 0 bridgehead atoms. The number of rotatable bonds is 1. The van der Waals surface area contributed by atoms with E-state index < -0.39 is 11.4 Å². The Labute approximate surface area is 87.7 Å². The zero-order chi connectivity index (χ0) is 11.1. The fourth-order valence-corrected chi connectivity index (χ4v) is 2.11. The minimum Gasteiger partial charge on any atom is -0.481 e. The van der Waals surface area contributed by atoms with E-state index in [1.54, 1.807) is 13.0 Å². The van der Waals surface area contributed by atoms with Gasteiger partial charge in [-0.05, 0) is 43.4 Å². The minimum atomic E-state index is -0.837. The first-order chi connectivity index (χ1) is 7.03. The van der Waals surface area contributed by atoms with Gasteiger partial charge in [0.15, 0.2) is 0 Å². The van der Waals surface area contributed by atoms with Crippen LogP contribution in [0.25, 0.3) is 0 Å². The monoisotopic (exact) mass is 208 g/mol. The van der Waals surface area contributed by atoms with Crippen molar-refractivity contribution >= 4 is 5.97 Å². The van der Waals surface area contributed by atoms with Crippen molar-refractivity contribution in [3.63, 3.8) is 0 Å². The fourth-order valence-electron chi connectivity index (χ4n) is 2.11.